The summed E-state index contributed by atoms with van der Waals surface area (Å²) in [6.45, 7) is 5.53. The first-order valence-corrected chi connectivity index (χ1v) is 7.50. The number of nitrogens with zero attached hydrogens (tertiary/aromatic N) is 1. The molecule has 2 aliphatic rings. The average molecular weight is 258 g/mol. The number of alkyl halides is 1. The van der Waals surface area contributed by atoms with Crippen LogP contribution in [0.5, 0.6) is 0 Å². The Morgan fingerprint density at radius 2 is 1.94 bits per heavy atom. The molecular formula is C14H24ClNO. The monoisotopic (exact) mass is 257 g/mol. The van der Waals surface area contributed by atoms with Gasteiger partial charge in [0.05, 0.1) is 0 Å². The van der Waals surface area contributed by atoms with E-state index in [9.17, 15) is 4.79 Å². The van der Waals surface area contributed by atoms with Gasteiger partial charge in [-0.1, -0.05) is 13.8 Å². The lowest BCUT2D eigenvalue weighted by atomic mass is 9.79. The van der Waals surface area contributed by atoms with Crippen molar-refractivity contribution in [3.63, 3.8) is 0 Å². The number of likely N-dealkylation sites (tertiary alicyclic amines) is 1. The fraction of sp³-hybridized carbons (Fsp3) is 0.929. The number of carbonyl (C=O) groups is 1. The first-order valence-electron chi connectivity index (χ1n) is 6.97. The molecule has 2 rings (SSSR count). The predicted molar refractivity (Wildman–Crippen MR) is 71.1 cm³/mol. The lowest BCUT2D eigenvalue weighted by molar-refractivity contribution is -0.130. The Morgan fingerprint density at radius 3 is 2.41 bits per heavy atom. The molecule has 0 aromatic rings. The minimum atomic E-state index is 0.337. The third kappa shape index (κ3) is 2.96. The molecule has 1 saturated heterocycles. The molecule has 0 spiro atoms. The second-order valence-electron chi connectivity index (χ2n) is 6.08. The molecule has 1 saturated carbocycles. The van der Waals surface area contributed by atoms with Crippen LogP contribution in [0.25, 0.3) is 0 Å². The summed E-state index contributed by atoms with van der Waals surface area (Å²) < 4.78 is 0. The van der Waals surface area contributed by atoms with Crippen LogP contribution in [0.2, 0.25) is 0 Å². The zero-order valence-electron chi connectivity index (χ0n) is 11.0. The van der Waals surface area contributed by atoms with Gasteiger partial charge in [-0.3, -0.25) is 4.79 Å². The summed E-state index contributed by atoms with van der Waals surface area (Å²) in [5, 5.41) is 0. The van der Waals surface area contributed by atoms with Crippen LogP contribution in [0.3, 0.4) is 0 Å². The Bertz CT molecular complexity index is 271. The summed E-state index contributed by atoms with van der Waals surface area (Å²) in [4.78, 5) is 14.0. The van der Waals surface area contributed by atoms with Gasteiger partial charge in [0.2, 0.25) is 5.91 Å². The van der Waals surface area contributed by atoms with Crippen LogP contribution in [-0.4, -0.2) is 29.3 Å². The van der Waals surface area contributed by atoms with E-state index < -0.39 is 0 Å². The number of hydrogen-bond acceptors (Lipinski definition) is 1. The number of halogens is 1. The molecule has 1 aliphatic heterocycles. The maximum absolute atomic E-state index is 11.9. The van der Waals surface area contributed by atoms with Crippen LogP contribution in [0.1, 0.15) is 46.0 Å². The maximum atomic E-state index is 11.9. The Balaban J connectivity index is 1.87. The highest BCUT2D eigenvalue weighted by Gasteiger charge is 2.35. The van der Waals surface area contributed by atoms with E-state index in [4.69, 9.17) is 11.6 Å². The van der Waals surface area contributed by atoms with Gasteiger partial charge in [-0.05, 0) is 43.4 Å². The molecule has 2 fully saturated rings. The fourth-order valence-corrected chi connectivity index (χ4v) is 3.55. The topological polar surface area (TPSA) is 20.3 Å². The minimum Gasteiger partial charge on any atom is -0.339 e. The largest absolute Gasteiger partial charge is 0.339 e. The second-order valence-corrected chi connectivity index (χ2v) is 6.39. The molecule has 1 amide bonds. The molecular weight excluding hydrogens is 234 g/mol. The van der Waals surface area contributed by atoms with E-state index in [0.717, 1.165) is 18.4 Å². The van der Waals surface area contributed by atoms with Gasteiger partial charge in [0.1, 0.15) is 0 Å². The van der Waals surface area contributed by atoms with Gasteiger partial charge in [0, 0.05) is 24.9 Å². The van der Waals surface area contributed by atoms with Gasteiger partial charge in [0.15, 0.2) is 0 Å². The van der Waals surface area contributed by atoms with Crippen molar-refractivity contribution in [1.82, 2.24) is 4.90 Å². The van der Waals surface area contributed by atoms with E-state index in [2.05, 4.69) is 18.7 Å². The van der Waals surface area contributed by atoms with Crippen LogP contribution in [-0.2, 0) is 4.79 Å². The van der Waals surface area contributed by atoms with Gasteiger partial charge in [-0.15, -0.1) is 11.6 Å². The minimum absolute atomic E-state index is 0.337. The fourth-order valence-electron chi connectivity index (χ4n) is 3.34. The van der Waals surface area contributed by atoms with E-state index in [1.807, 2.05) is 0 Å². The van der Waals surface area contributed by atoms with Gasteiger partial charge < -0.3 is 4.90 Å². The number of amides is 1. The predicted octanol–water partition coefficient (Wildman–Crippen LogP) is 3.29. The molecule has 0 N–H and O–H groups in total. The molecule has 0 radical (unpaired) electrons. The summed E-state index contributed by atoms with van der Waals surface area (Å²) in [5.41, 5.74) is 0. The van der Waals surface area contributed by atoms with Crippen molar-refractivity contribution in [1.29, 1.82) is 0 Å². The third-order valence-electron chi connectivity index (χ3n) is 4.58. The molecule has 2 nitrogen and oxygen atoms in total. The van der Waals surface area contributed by atoms with E-state index in [1.165, 1.54) is 25.7 Å². The molecule has 3 heteroatoms. The highest BCUT2D eigenvalue weighted by molar-refractivity contribution is 6.18. The van der Waals surface area contributed by atoms with E-state index >= 15 is 0 Å². The molecule has 1 unspecified atom stereocenters. The highest BCUT2D eigenvalue weighted by atomic mass is 35.5. The zero-order chi connectivity index (χ0) is 12.4. The van der Waals surface area contributed by atoms with Gasteiger partial charge in [-0.25, -0.2) is 0 Å². The Hall–Kier alpha value is -0.240. The highest BCUT2D eigenvalue weighted by Crippen LogP contribution is 2.34. The molecule has 1 heterocycles. The molecule has 0 aromatic carbocycles. The first kappa shape index (κ1) is 13.2. The van der Waals surface area contributed by atoms with Gasteiger partial charge >= 0.3 is 0 Å². The second kappa shape index (κ2) is 5.60. The lowest BCUT2D eigenvalue weighted by Crippen LogP contribution is -2.39. The Morgan fingerprint density at radius 1 is 1.29 bits per heavy atom. The van der Waals surface area contributed by atoms with Crippen molar-refractivity contribution < 1.29 is 4.79 Å². The van der Waals surface area contributed by atoms with Crippen molar-refractivity contribution in [2.24, 2.45) is 17.8 Å². The first-order chi connectivity index (χ1) is 8.11. The molecule has 1 aliphatic carbocycles. The quantitative estimate of drug-likeness (QED) is 0.711. The Kier molecular flexibility index (Phi) is 4.35. The van der Waals surface area contributed by atoms with E-state index in [0.29, 0.717) is 30.2 Å². The smallest absolute Gasteiger partial charge is 0.223 e. The van der Waals surface area contributed by atoms with E-state index in [-0.39, 0.29) is 0 Å². The van der Waals surface area contributed by atoms with Crippen LogP contribution in [0.15, 0.2) is 0 Å². The van der Waals surface area contributed by atoms with Crippen LogP contribution < -0.4 is 0 Å². The summed E-state index contributed by atoms with van der Waals surface area (Å²) in [5.74, 6) is 3.02. The van der Waals surface area contributed by atoms with Crippen molar-refractivity contribution >= 4 is 17.5 Å². The molecule has 0 aromatic heterocycles. The SMILES string of the molecule is CC(C)C1CCC(N2CC(CCl)CC2=O)CC1. The van der Waals surface area contributed by atoms with Gasteiger partial charge in [0.25, 0.3) is 0 Å². The van der Waals surface area contributed by atoms with Crippen molar-refractivity contribution in [3.05, 3.63) is 0 Å². The number of hydrogen-bond donors (Lipinski definition) is 0. The average Bonchev–Trinajstić information content (AvgIpc) is 2.71. The van der Waals surface area contributed by atoms with Gasteiger partial charge in [-0.2, -0.15) is 0 Å². The summed E-state index contributed by atoms with van der Waals surface area (Å²) in [6.07, 6.45) is 5.65. The normalized spacial score (nSPS) is 34.7. The molecule has 98 valence electrons. The maximum Gasteiger partial charge on any atom is 0.223 e. The summed E-state index contributed by atoms with van der Waals surface area (Å²) in [7, 11) is 0. The van der Waals surface area contributed by atoms with Crippen molar-refractivity contribution in [2.75, 3.05) is 12.4 Å². The number of carbonyl (C=O) groups excluding carboxylic acids is 1. The van der Waals surface area contributed by atoms with Crippen LogP contribution in [0, 0.1) is 17.8 Å². The van der Waals surface area contributed by atoms with Crippen LogP contribution >= 0.6 is 11.6 Å². The molecule has 1 atom stereocenters. The standard InChI is InChI=1S/C14H24ClNO/c1-10(2)12-3-5-13(6-4-12)16-9-11(8-15)7-14(16)17/h10-13H,3-9H2,1-2H3. The van der Waals surface area contributed by atoms with Crippen LogP contribution in [0.4, 0.5) is 0 Å². The zero-order valence-corrected chi connectivity index (χ0v) is 11.7. The van der Waals surface area contributed by atoms with Crippen molar-refractivity contribution in [2.45, 2.75) is 52.0 Å². The van der Waals surface area contributed by atoms with Crippen molar-refractivity contribution in [3.8, 4) is 0 Å². The lowest BCUT2D eigenvalue weighted by Gasteiger charge is -2.36. The number of rotatable bonds is 3. The van der Waals surface area contributed by atoms with E-state index in [1.54, 1.807) is 0 Å². The molecule has 0 bridgehead atoms. The molecule has 17 heavy (non-hydrogen) atoms. The Labute approximate surface area is 110 Å². The summed E-state index contributed by atoms with van der Waals surface area (Å²) >= 11 is 5.86. The third-order valence-corrected chi connectivity index (χ3v) is 5.02. The summed E-state index contributed by atoms with van der Waals surface area (Å²) in [6, 6.07) is 0.505.